The molecule has 0 spiro atoms. The Bertz CT molecular complexity index is 319. The Morgan fingerprint density at radius 3 is 2.73 bits per heavy atom. The first-order chi connectivity index (χ1) is 7.09. The number of halogens is 2. The summed E-state index contributed by atoms with van der Waals surface area (Å²) in [6.07, 6.45) is 4.00. The molecule has 1 aromatic rings. The molecule has 2 nitrogen and oxygen atoms in total. The van der Waals surface area contributed by atoms with Crippen molar-refractivity contribution in [3.05, 3.63) is 19.8 Å². The third-order valence-corrected chi connectivity index (χ3v) is 4.54. The lowest BCUT2D eigenvalue weighted by Crippen LogP contribution is -1.93. The normalized spacial score (nSPS) is 10.5. The number of rotatable bonds is 6. The van der Waals surface area contributed by atoms with Crippen LogP contribution in [0.25, 0.3) is 0 Å². The van der Waals surface area contributed by atoms with Crippen molar-refractivity contribution in [1.29, 1.82) is 0 Å². The molecular formula is C10H12BrClO2S. The predicted octanol–water partition coefficient (Wildman–Crippen LogP) is 4.35. The van der Waals surface area contributed by atoms with Gasteiger partial charge in [-0.2, -0.15) is 0 Å². The highest BCUT2D eigenvalue weighted by atomic mass is 79.9. The van der Waals surface area contributed by atoms with E-state index < -0.39 is 5.97 Å². The number of carboxylic acids is 1. The molecule has 0 fully saturated rings. The van der Waals surface area contributed by atoms with E-state index in [1.807, 2.05) is 6.07 Å². The van der Waals surface area contributed by atoms with Crippen LogP contribution in [0.3, 0.4) is 0 Å². The Balaban J connectivity index is 2.18. The maximum Gasteiger partial charge on any atom is 0.303 e. The molecule has 0 aliphatic carbocycles. The molecule has 0 aliphatic rings. The fourth-order valence-corrected chi connectivity index (χ4v) is 3.10. The summed E-state index contributed by atoms with van der Waals surface area (Å²) in [5.74, 6) is -0.711. The summed E-state index contributed by atoms with van der Waals surface area (Å²) in [4.78, 5) is 11.5. The topological polar surface area (TPSA) is 37.3 Å². The third-order valence-electron chi connectivity index (χ3n) is 2.01. The highest BCUT2D eigenvalue weighted by molar-refractivity contribution is 9.10. The molecule has 0 amide bonds. The average Bonchev–Trinajstić information content (AvgIpc) is 2.45. The van der Waals surface area contributed by atoms with Crippen molar-refractivity contribution in [2.75, 3.05) is 0 Å². The van der Waals surface area contributed by atoms with Gasteiger partial charge in [-0.15, -0.1) is 11.3 Å². The largest absolute Gasteiger partial charge is 0.481 e. The highest BCUT2D eigenvalue weighted by Gasteiger charge is 2.04. The first kappa shape index (κ1) is 13.0. The molecule has 0 bridgehead atoms. The maximum absolute atomic E-state index is 10.3. The van der Waals surface area contributed by atoms with Crippen molar-refractivity contribution in [3.8, 4) is 0 Å². The van der Waals surface area contributed by atoms with Crippen LogP contribution in [0.2, 0.25) is 4.34 Å². The Kier molecular flexibility index (Phi) is 5.64. The predicted molar refractivity (Wildman–Crippen MR) is 66.8 cm³/mol. The zero-order valence-corrected chi connectivity index (χ0v) is 11.3. The number of carbonyl (C=O) groups is 1. The van der Waals surface area contributed by atoms with Crippen molar-refractivity contribution >= 4 is 44.8 Å². The zero-order chi connectivity index (χ0) is 11.3. The van der Waals surface area contributed by atoms with Crippen LogP contribution in [0.15, 0.2) is 10.5 Å². The molecule has 0 radical (unpaired) electrons. The molecule has 0 aromatic carbocycles. The number of unbranched alkanes of at least 4 members (excludes halogenated alkanes) is 2. The van der Waals surface area contributed by atoms with Gasteiger partial charge in [0.05, 0.1) is 0 Å². The molecule has 0 saturated carbocycles. The van der Waals surface area contributed by atoms with Gasteiger partial charge in [0.25, 0.3) is 0 Å². The van der Waals surface area contributed by atoms with Crippen molar-refractivity contribution < 1.29 is 9.90 Å². The van der Waals surface area contributed by atoms with Gasteiger partial charge >= 0.3 is 5.97 Å². The molecule has 84 valence electrons. The van der Waals surface area contributed by atoms with Crippen LogP contribution in [0.5, 0.6) is 0 Å². The molecule has 1 heterocycles. The van der Waals surface area contributed by atoms with E-state index in [1.54, 1.807) is 11.3 Å². The molecule has 1 N–H and O–H groups in total. The Labute approximate surface area is 106 Å². The van der Waals surface area contributed by atoms with Gasteiger partial charge in [0.15, 0.2) is 0 Å². The smallest absolute Gasteiger partial charge is 0.303 e. The number of hydrogen-bond acceptors (Lipinski definition) is 2. The van der Waals surface area contributed by atoms with Crippen LogP contribution < -0.4 is 0 Å². The van der Waals surface area contributed by atoms with Gasteiger partial charge in [0, 0.05) is 15.8 Å². The molecule has 1 rings (SSSR count). The number of hydrogen-bond donors (Lipinski definition) is 1. The summed E-state index contributed by atoms with van der Waals surface area (Å²) in [5.41, 5.74) is 0. The van der Waals surface area contributed by atoms with Crippen molar-refractivity contribution in [1.82, 2.24) is 0 Å². The summed E-state index contributed by atoms with van der Waals surface area (Å²) in [7, 11) is 0. The lowest BCUT2D eigenvalue weighted by atomic mass is 10.1. The van der Waals surface area contributed by atoms with E-state index in [9.17, 15) is 4.79 Å². The van der Waals surface area contributed by atoms with Crippen LogP contribution in [0, 0.1) is 0 Å². The van der Waals surface area contributed by atoms with Crippen molar-refractivity contribution in [2.24, 2.45) is 0 Å². The van der Waals surface area contributed by atoms with Gasteiger partial charge in [0.2, 0.25) is 0 Å². The minimum Gasteiger partial charge on any atom is -0.481 e. The Morgan fingerprint density at radius 1 is 1.47 bits per heavy atom. The molecular weight excluding hydrogens is 300 g/mol. The first-order valence-corrected chi connectivity index (χ1v) is 6.74. The number of aliphatic carboxylic acids is 1. The van der Waals surface area contributed by atoms with Crippen LogP contribution in [0.4, 0.5) is 0 Å². The van der Waals surface area contributed by atoms with E-state index in [-0.39, 0.29) is 6.42 Å². The third kappa shape index (κ3) is 5.00. The first-order valence-electron chi connectivity index (χ1n) is 4.75. The van der Waals surface area contributed by atoms with E-state index in [0.717, 1.165) is 34.5 Å². The van der Waals surface area contributed by atoms with Gasteiger partial charge in [0.1, 0.15) is 4.34 Å². The molecule has 1 aromatic heterocycles. The molecule has 15 heavy (non-hydrogen) atoms. The Hall–Kier alpha value is -0.0600. The minimum atomic E-state index is -0.711. The quantitative estimate of drug-likeness (QED) is 0.793. The number of thiophene rings is 1. The van der Waals surface area contributed by atoms with Gasteiger partial charge < -0.3 is 5.11 Å². The van der Waals surface area contributed by atoms with Crippen molar-refractivity contribution in [2.45, 2.75) is 32.1 Å². The number of aryl methyl sites for hydroxylation is 1. The highest BCUT2D eigenvalue weighted by Crippen LogP contribution is 2.32. The summed E-state index contributed by atoms with van der Waals surface area (Å²) in [5, 5.41) is 8.45. The second-order valence-electron chi connectivity index (χ2n) is 3.29. The van der Waals surface area contributed by atoms with Gasteiger partial charge in [-0.3, -0.25) is 4.79 Å². The molecule has 0 saturated heterocycles. The summed E-state index contributed by atoms with van der Waals surface area (Å²) in [6.45, 7) is 0. The SMILES string of the molecule is O=C(O)CCCCCc1cc(Br)c(Cl)s1. The Morgan fingerprint density at radius 2 is 2.20 bits per heavy atom. The second-order valence-corrected chi connectivity index (χ2v) is 5.88. The zero-order valence-electron chi connectivity index (χ0n) is 8.13. The van der Waals surface area contributed by atoms with Crippen LogP contribution in [-0.4, -0.2) is 11.1 Å². The standard InChI is InChI=1S/C10H12BrClO2S/c11-8-6-7(15-10(8)12)4-2-1-3-5-9(13)14/h6H,1-5H2,(H,13,14). The van der Waals surface area contributed by atoms with E-state index in [1.165, 1.54) is 4.88 Å². The minimum absolute atomic E-state index is 0.273. The lowest BCUT2D eigenvalue weighted by Gasteiger charge is -1.96. The summed E-state index contributed by atoms with van der Waals surface area (Å²) >= 11 is 10.8. The van der Waals surface area contributed by atoms with Gasteiger partial charge in [-0.25, -0.2) is 0 Å². The molecule has 0 atom stereocenters. The lowest BCUT2D eigenvalue weighted by molar-refractivity contribution is -0.137. The van der Waals surface area contributed by atoms with E-state index in [4.69, 9.17) is 16.7 Å². The fraction of sp³-hybridized carbons (Fsp3) is 0.500. The maximum atomic E-state index is 10.3. The van der Waals surface area contributed by atoms with Crippen LogP contribution in [0.1, 0.15) is 30.6 Å². The van der Waals surface area contributed by atoms with E-state index in [2.05, 4.69) is 15.9 Å². The van der Waals surface area contributed by atoms with Crippen LogP contribution in [-0.2, 0) is 11.2 Å². The fourth-order valence-electron chi connectivity index (χ4n) is 1.27. The summed E-state index contributed by atoms with van der Waals surface area (Å²) < 4.78 is 1.74. The molecule has 0 aliphatic heterocycles. The average molecular weight is 312 g/mol. The monoisotopic (exact) mass is 310 g/mol. The van der Waals surface area contributed by atoms with Crippen molar-refractivity contribution in [3.63, 3.8) is 0 Å². The van der Waals surface area contributed by atoms with E-state index >= 15 is 0 Å². The van der Waals surface area contributed by atoms with Crippen LogP contribution >= 0.6 is 38.9 Å². The molecule has 0 unspecified atom stereocenters. The van der Waals surface area contributed by atoms with E-state index in [0.29, 0.717) is 0 Å². The second kappa shape index (κ2) is 6.51. The number of carboxylic acid groups (broad SMARTS) is 1. The van der Waals surface area contributed by atoms with Gasteiger partial charge in [-0.1, -0.05) is 18.0 Å². The van der Waals surface area contributed by atoms with Gasteiger partial charge in [-0.05, 0) is 41.3 Å². The molecule has 5 heteroatoms. The summed E-state index contributed by atoms with van der Waals surface area (Å²) in [6, 6.07) is 2.03.